The van der Waals surface area contributed by atoms with Gasteiger partial charge in [-0.15, -0.1) is 0 Å². The van der Waals surface area contributed by atoms with Gasteiger partial charge < -0.3 is 14.6 Å². The lowest BCUT2D eigenvalue weighted by molar-refractivity contribution is 0.00578. The van der Waals surface area contributed by atoms with E-state index in [1.807, 2.05) is 45.9 Å². The van der Waals surface area contributed by atoms with Gasteiger partial charge in [0.2, 0.25) is 0 Å². The topological polar surface area (TPSA) is 47.6 Å². The van der Waals surface area contributed by atoms with Gasteiger partial charge in [-0.05, 0) is 50.9 Å². The maximum absolute atomic E-state index is 11.8. The van der Waals surface area contributed by atoms with Crippen LogP contribution in [0, 0.1) is 0 Å². The second-order valence-corrected chi connectivity index (χ2v) is 9.28. The Morgan fingerprint density at radius 1 is 1.22 bits per heavy atom. The van der Waals surface area contributed by atoms with E-state index >= 15 is 0 Å². The van der Waals surface area contributed by atoms with Gasteiger partial charge in [-0.3, -0.25) is 4.21 Å². The zero-order chi connectivity index (χ0) is 16.8. The Bertz CT molecular complexity index is 622. The van der Waals surface area contributed by atoms with Gasteiger partial charge in [0.15, 0.2) is 0 Å². The van der Waals surface area contributed by atoms with Crippen LogP contribution in [0.25, 0.3) is 0 Å². The molecular weight excluding hydrogens is 333 g/mol. The standard InChI is InChI=1S/C16H23BClNO3S/c1-15(2)16(3,4)22-17(21-15)12-7-11(8-13(18)9-12)14-10-23(20)6-5-19-14/h7-9,14,19H,5-6,10H2,1-4H3. The van der Waals surface area contributed by atoms with E-state index in [1.165, 1.54) is 0 Å². The molecule has 0 aliphatic carbocycles. The van der Waals surface area contributed by atoms with Gasteiger partial charge in [0, 0.05) is 39.9 Å². The summed E-state index contributed by atoms with van der Waals surface area (Å²) in [6.07, 6.45) is 0. The van der Waals surface area contributed by atoms with Crippen LogP contribution in [0.2, 0.25) is 5.02 Å². The van der Waals surface area contributed by atoms with E-state index < -0.39 is 17.9 Å². The molecule has 0 radical (unpaired) electrons. The molecule has 4 nitrogen and oxygen atoms in total. The van der Waals surface area contributed by atoms with Crippen LogP contribution in [-0.2, 0) is 20.1 Å². The van der Waals surface area contributed by atoms with Crippen molar-refractivity contribution in [1.29, 1.82) is 0 Å². The second-order valence-electron chi connectivity index (χ2n) is 7.22. The maximum atomic E-state index is 11.8. The summed E-state index contributed by atoms with van der Waals surface area (Å²) in [5.41, 5.74) is 1.18. The Balaban J connectivity index is 1.88. The van der Waals surface area contributed by atoms with Gasteiger partial charge in [-0.2, -0.15) is 0 Å². The van der Waals surface area contributed by atoms with E-state index in [9.17, 15) is 4.21 Å². The highest BCUT2D eigenvalue weighted by Crippen LogP contribution is 2.36. The van der Waals surface area contributed by atoms with Gasteiger partial charge in [-0.1, -0.05) is 17.7 Å². The molecule has 0 bridgehead atoms. The monoisotopic (exact) mass is 355 g/mol. The minimum Gasteiger partial charge on any atom is -0.399 e. The number of halogens is 1. The predicted octanol–water partition coefficient (Wildman–Crippen LogP) is 2.03. The Morgan fingerprint density at radius 2 is 1.87 bits per heavy atom. The number of hydrogen-bond acceptors (Lipinski definition) is 4. The van der Waals surface area contributed by atoms with Crippen molar-refractivity contribution in [3.05, 3.63) is 28.8 Å². The molecule has 1 N–H and O–H groups in total. The number of rotatable bonds is 2. The summed E-state index contributed by atoms with van der Waals surface area (Å²) in [4.78, 5) is 0. The molecule has 0 aromatic heterocycles. The Morgan fingerprint density at radius 3 is 2.48 bits per heavy atom. The van der Waals surface area contributed by atoms with Gasteiger partial charge in [0.05, 0.1) is 11.2 Å². The summed E-state index contributed by atoms with van der Waals surface area (Å²) in [6, 6.07) is 5.92. The molecule has 7 heteroatoms. The summed E-state index contributed by atoms with van der Waals surface area (Å²) in [5, 5.41) is 4.05. The molecule has 0 saturated carbocycles. The molecule has 2 atom stereocenters. The fourth-order valence-corrected chi connectivity index (χ4v) is 4.29. The third kappa shape index (κ3) is 3.51. The average Bonchev–Trinajstić information content (AvgIpc) is 2.67. The number of hydrogen-bond donors (Lipinski definition) is 1. The van der Waals surface area contributed by atoms with Crippen molar-refractivity contribution >= 4 is 35.0 Å². The zero-order valence-electron chi connectivity index (χ0n) is 14.0. The van der Waals surface area contributed by atoms with Crippen molar-refractivity contribution in [2.45, 2.75) is 44.9 Å². The fraction of sp³-hybridized carbons (Fsp3) is 0.625. The minimum absolute atomic E-state index is 0.0597. The van der Waals surface area contributed by atoms with Crippen LogP contribution in [0.4, 0.5) is 0 Å². The van der Waals surface area contributed by atoms with E-state index in [0.717, 1.165) is 17.6 Å². The first-order valence-corrected chi connectivity index (χ1v) is 9.79. The molecule has 2 aliphatic heterocycles. The average molecular weight is 356 g/mol. The minimum atomic E-state index is -0.779. The number of nitrogens with one attached hydrogen (secondary N) is 1. The Labute approximate surface area is 145 Å². The van der Waals surface area contributed by atoms with Crippen molar-refractivity contribution in [3.63, 3.8) is 0 Å². The van der Waals surface area contributed by atoms with E-state index in [1.54, 1.807) is 0 Å². The molecule has 2 unspecified atom stereocenters. The summed E-state index contributed by atoms with van der Waals surface area (Å²) in [6.45, 7) is 8.89. The lowest BCUT2D eigenvalue weighted by atomic mass is 9.78. The summed E-state index contributed by atoms with van der Waals surface area (Å²) in [5.74, 6) is 1.32. The molecule has 2 heterocycles. The van der Waals surface area contributed by atoms with Crippen LogP contribution in [-0.4, -0.2) is 40.6 Å². The van der Waals surface area contributed by atoms with E-state index in [-0.39, 0.29) is 17.2 Å². The highest BCUT2D eigenvalue weighted by atomic mass is 35.5. The third-order valence-electron chi connectivity index (χ3n) is 4.94. The largest absolute Gasteiger partial charge is 0.494 e. The van der Waals surface area contributed by atoms with E-state index in [0.29, 0.717) is 16.5 Å². The molecule has 126 valence electrons. The highest BCUT2D eigenvalue weighted by molar-refractivity contribution is 7.85. The van der Waals surface area contributed by atoms with Gasteiger partial charge in [-0.25, -0.2) is 0 Å². The van der Waals surface area contributed by atoms with Crippen molar-refractivity contribution < 1.29 is 13.5 Å². The quantitative estimate of drug-likeness (QED) is 0.825. The van der Waals surface area contributed by atoms with Crippen LogP contribution < -0.4 is 10.8 Å². The fourth-order valence-electron chi connectivity index (χ4n) is 2.84. The Hall–Kier alpha value is -0.395. The van der Waals surface area contributed by atoms with Crippen LogP contribution in [0.3, 0.4) is 0 Å². The van der Waals surface area contributed by atoms with Crippen LogP contribution >= 0.6 is 11.6 Å². The first-order chi connectivity index (χ1) is 10.7. The first kappa shape index (κ1) is 17.4. The van der Waals surface area contributed by atoms with Gasteiger partial charge in [0.1, 0.15) is 0 Å². The van der Waals surface area contributed by atoms with Crippen molar-refractivity contribution in [1.82, 2.24) is 5.32 Å². The molecule has 1 aromatic carbocycles. The van der Waals surface area contributed by atoms with E-state index in [2.05, 4.69) is 5.32 Å². The lowest BCUT2D eigenvalue weighted by Crippen LogP contribution is -2.41. The van der Waals surface area contributed by atoms with Crippen LogP contribution in [0.1, 0.15) is 39.3 Å². The summed E-state index contributed by atoms with van der Waals surface area (Å²) >= 11 is 6.31. The summed E-state index contributed by atoms with van der Waals surface area (Å²) in [7, 11) is -1.22. The SMILES string of the molecule is CC1(C)OB(c2cc(Cl)cc(C3CS(=O)CCN3)c2)OC1(C)C. The van der Waals surface area contributed by atoms with Crippen LogP contribution in [0.5, 0.6) is 0 Å². The molecular formula is C16H23BClNO3S. The Kier molecular flexibility index (Phi) is 4.66. The van der Waals surface area contributed by atoms with Gasteiger partial charge in [0.25, 0.3) is 0 Å². The third-order valence-corrected chi connectivity index (χ3v) is 6.53. The first-order valence-electron chi connectivity index (χ1n) is 7.92. The lowest BCUT2D eigenvalue weighted by Gasteiger charge is -2.32. The van der Waals surface area contributed by atoms with E-state index in [4.69, 9.17) is 20.9 Å². The maximum Gasteiger partial charge on any atom is 0.494 e. The normalized spacial score (nSPS) is 29.7. The molecule has 2 fully saturated rings. The zero-order valence-corrected chi connectivity index (χ0v) is 15.6. The van der Waals surface area contributed by atoms with Crippen molar-refractivity contribution in [3.8, 4) is 0 Å². The van der Waals surface area contributed by atoms with Crippen molar-refractivity contribution in [2.24, 2.45) is 0 Å². The van der Waals surface area contributed by atoms with Gasteiger partial charge >= 0.3 is 7.12 Å². The predicted molar refractivity (Wildman–Crippen MR) is 95.8 cm³/mol. The number of benzene rings is 1. The highest BCUT2D eigenvalue weighted by Gasteiger charge is 2.51. The molecule has 23 heavy (non-hydrogen) atoms. The molecule has 0 spiro atoms. The molecule has 0 amide bonds. The molecule has 2 saturated heterocycles. The second kappa shape index (κ2) is 6.15. The molecule has 2 aliphatic rings. The van der Waals surface area contributed by atoms with Crippen molar-refractivity contribution in [2.75, 3.05) is 18.1 Å². The smallest absolute Gasteiger partial charge is 0.399 e. The van der Waals surface area contributed by atoms with Crippen LogP contribution in [0.15, 0.2) is 18.2 Å². The molecule has 3 rings (SSSR count). The molecule has 1 aromatic rings. The summed E-state index contributed by atoms with van der Waals surface area (Å²) < 4.78 is 24.0.